The summed E-state index contributed by atoms with van der Waals surface area (Å²) in [5, 5.41) is 3.73. The molecule has 0 saturated carbocycles. The van der Waals surface area contributed by atoms with Crippen LogP contribution in [-0.2, 0) is 10.0 Å². The third-order valence-electron chi connectivity index (χ3n) is 1.52. The molecule has 84 valence electrons. The minimum absolute atomic E-state index is 0.299. The number of primary sulfonamides is 1. The van der Waals surface area contributed by atoms with Gasteiger partial charge in [-0.25, -0.2) is 31.7 Å². The fourth-order valence-electron chi connectivity index (χ4n) is 0.881. The summed E-state index contributed by atoms with van der Waals surface area (Å²) in [6.07, 6.45) is -3.17. The van der Waals surface area contributed by atoms with Crippen LogP contribution in [0.2, 0.25) is 0 Å². The molecule has 0 radical (unpaired) electrons. The molecule has 0 amide bonds. The normalized spacial score (nSPS) is 12.1. The number of pyridine rings is 1. The van der Waals surface area contributed by atoms with Crippen LogP contribution in [0.3, 0.4) is 0 Å². The van der Waals surface area contributed by atoms with E-state index in [9.17, 15) is 21.6 Å². The van der Waals surface area contributed by atoms with Crippen LogP contribution in [0.25, 0.3) is 0 Å². The predicted octanol–water partition coefficient (Wildman–Crippen LogP) is 0.388. The summed E-state index contributed by atoms with van der Waals surface area (Å²) < 4.78 is 58.8. The van der Waals surface area contributed by atoms with Crippen molar-refractivity contribution in [3.05, 3.63) is 17.4 Å². The minimum atomic E-state index is -4.27. The molecule has 0 aliphatic rings. The number of rotatable bonds is 2. The van der Waals surface area contributed by atoms with Crippen molar-refractivity contribution in [1.82, 2.24) is 4.98 Å². The molecule has 1 aromatic rings. The molecule has 0 unspecified atom stereocenters. The van der Waals surface area contributed by atoms with Crippen molar-refractivity contribution in [2.75, 3.05) is 5.73 Å². The molecule has 0 aliphatic carbocycles. The number of hydrogen-bond donors (Lipinski definition) is 2. The van der Waals surface area contributed by atoms with Gasteiger partial charge in [-0.15, -0.1) is 0 Å². The lowest BCUT2D eigenvalue weighted by atomic mass is 10.2. The molecule has 0 bridgehead atoms. The highest BCUT2D eigenvalue weighted by Crippen LogP contribution is 2.27. The molecule has 15 heavy (non-hydrogen) atoms. The van der Waals surface area contributed by atoms with E-state index in [0.717, 1.165) is 0 Å². The zero-order valence-electron chi connectivity index (χ0n) is 7.12. The van der Waals surface area contributed by atoms with Crippen molar-refractivity contribution in [3.8, 4) is 0 Å². The highest BCUT2D eigenvalue weighted by molar-refractivity contribution is 7.89. The first-order chi connectivity index (χ1) is 6.73. The van der Waals surface area contributed by atoms with Crippen LogP contribution >= 0.6 is 0 Å². The van der Waals surface area contributed by atoms with Gasteiger partial charge in [0, 0.05) is 6.07 Å². The quantitative estimate of drug-likeness (QED) is 0.782. The number of halogens is 3. The van der Waals surface area contributed by atoms with Crippen molar-refractivity contribution < 1.29 is 21.6 Å². The average molecular weight is 241 g/mol. The van der Waals surface area contributed by atoms with E-state index in [4.69, 9.17) is 5.73 Å². The van der Waals surface area contributed by atoms with E-state index in [1.165, 1.54) is 0 Å². The van der Waals surface area contributed by atoms with Crippen molar-refractivity contribution in [2.45, 2.75) is 11.5 Å². The predicted molar refractivity (Wildman–Crippen MR) is 44.9 cm³/mol. The van der Waals surface area contributed by atoms with Crippen LogP contribution in [0.5, 0.6) is 0 Å². The summed E-state index contributed by atoms with van der Waals surface area (Å²) in [5.41, 5.74) is 3.83. The van der Waals surface area contributed by atoms with Crippen LogP contribution in [0.4, 0.5) is 19.0 Å². The Labute approximate surface area is 83.0 Å². The van der Waals surface area contributed by atoms with Gasteiger partial charge in [0.2, 0.25) is 0 Å². The van der Waals surface area contributed by atoms with Gasteiger partial charge < -0.3 is 5.73 Å². The number of nitrogen functional groups attached to an aromatic ring is 1. The van der Waals surface area contributed by atoms with Crippen molar-refractivity contribution in [1.29, 1.82) is 0 Å². The van der Waals surface area contributed by atoms with Gasteiger partial charge in [-0.2, -0.15) is 0 Å². The molecular formula is C6H6F3N3O2S. The zero-order valence-corrected chi connectivity index (χ0v) is 7.93. The Kier molecular flexibility index (Phi) is 2.86. The lowest BCUT2D eigenvalue weighted by Gasteiger charge is -2.06. The Hall–Kier alpha value is -1.35. The molecule has 0 atom stereocenters. The number of anilines is 1. The zero-order chi connectivity index (χ0) is 11.8. The van der Waals surface area contributed by atoms with Gasteiger partial charge in [-0.3, -0.25) is 0 Å². The number of hydrogen-bond acceptors (Lipinski definition) is 4. The molecule has 0 aromatic carbocycles. The lowest BCUT2D eigenvalue weighted by molar-refractivity contribution is 0.146. The van der Waals surface area contributed by atoms with Gasteiger partial charge in [0.25, 0.3) is 16.4 Å². The van der Waals surface area contributed by atoms with Crippen molar-refractivity contribution in [3.63, 3.8) is 0 Å². The Bertz CT molecular complexity index is 465. The number of alkyl halides is 2. The third kappa shape index (κ3) is 2.36. The maximum absolute atomic E-state index is 13.0. The highest BCUT2D eigenvalue weighted by Gasteiger charge is 2.22. The maximum atomic E-state index is 13.0. The second kappa shape index (κ2) is 3.66. The van der Waals surface area contributed by atoms with E-state index >= 15 is 0 Å². The molecular weight excluding hydrogens is 235 g/mol. The summed E-state index contributed by atoms with van der Waals surface area (Å²) in [7, 11) is -4.27. The minimum Gasteiger partial charge on any atom is -0.383 e. The van der Waals surface area contributed by atoms with E-state index < -0.39 is 38.7 Å². The molecule has 1 rings (SSSR count). The molecule has 0 aliphatic heterocycles. The molecule has 0 saturated heterocycles. The standard InChI is InChI=1S/C6H6F3N3O2S/c7-2-1-3(15(11,13)14)12-6(10)4(2)5(8)9/h1,5H,(H2,10,12)(H2,11,13,14). The van der Waals surface area contributed by atoms with Crippen LogP contribution < -0.4 is 10.9 Å². The van der Waals surface area contributed by atoms with Crippen LogP contribution in [0.1, 0.15) is 12.0 Å². The van der Waals surface area contributed by atoms with Gasteiger partial charge in [0.15, 0.2) is 5.03 Å². The number of nitrogens with zero attached hydrogens (tertiary/aromatic N) is 1. The maximum Gasteiger partial charge on any atom is 0.270 e. The Morgan fingerprint density at radius 2 is 1.93 bits per heavy atom. The van der Waals surface area contributed by atoms with Gasteiger partial charge in [-0.1, -0.05) is 0 Å². The Morgan fingerprint density at radius 1 is 1.40 bits per heavy atom. The summed E-state index contributed by atoms with van der Waals surface area (Å²) in [5.74, 6) is -2.35. The molecule has 9 heteroatoms. The fourth-order valence-corrected chi connectivity index (χ4v) is 1.37. The topological polar surface area (TPSA) is 99.1 Å². The SMILES string of the molecule is Nc1nc(S(N)(=O)=O)cc(F)c1C(F)F. The number of nitrogens with two attached hydrogens (primary N) is 2. The van der Waals surface area contributed by atoms with Crippen LogP contribution in [0, 0.1) is 5.82 Å². The highest BCUT2D eigenvalue weighted by atomic mass is 32.2. The summed E-state index contributed by atoms with van der Waals surface area (Å²) in [6.45, 7) is 0. The monoisotopic (exact) mass is 241 g/mol. The molecule has 0 fully saturated rings. The molecule has 4 N–H and O–H groups in total. The summed E-state index contributed by atoms with van der Waals surface area (Å²) >= 11 is 0. The first-order valence-electron chi connectivity index (χ1n) is 3.50. The Morgan fingerprint density at radius 3 is 2.27 bits per heavy atom. The third-order valence-corrected chi connectivity index (χ3v) is 2.32. The second-order valence-corrected chi connectivity index (χ2v) is 4.10. The number of aromatic nitrogens is 1. The smallest absolute Gasteiger partial charge is 0.270 e. The largest absolute Gasteiger partial charge is 0.383 e. The van der Waals surface area contributed by atoms with E-state index in [-0.39, 0.29) is 0 Å². The van der Waals surface area contributed by atoms with E-state index in [1.54, 1.807) is 0 Å². The van der Waals surface area contributed by atoms with Crippen LogP contribution in [0.15, 0.2) is 11.1 Å². The summed E-state index contributed by atoms with van der Waals surface area (Å²) in [6, 6.07) is 0.299. The first kappa shape index (κ1) is 11.7. The van der Waals surface area contributed by atoms with Crippen molar-refractivity contribution in [2.24, 2.45) is 5.14 Å². The van der Waals surface area contributed by atoms with Gasteiger partial charge in [0.05, 0.1) is 5.56 Å². The van der Waals surface area contributed by atoms with Crippen LogP contribution in [-0.4, -0.2) is 13.4 Å². The van der Waals surface area contributed by atoms with Gasteiger partial charge >= 0.3 is 0 Å². The van der Waals surface area contributed by atoms with E-state index in [2.05, 4.69) is 10.1 Å². The average Bonchev–Trinajstić information content (AvgIpc) is 1.99. The summed E-state index contributed by atoms with van der Waals surface area (Å²) in [4.78, 5) is 3.07. The second-order valence-electron chi connectivity index (χ2n) is 2.59. The first-order valence-corrected chi connectivity index (χ1v) is 5.05. The fraction of sp³-hybridized carbons (Fsp3) is 0.167. The van der Waals surface area contributed by atoms with Crippen molar-refractivity contribution >= 4 is 15.8 Å². The van der Waals surface area contributed by atoms with E-state index in [1.807, 2.05) is 0 Å². The molecule has 1 aromatic heterocycles. The lowest BCUT2D eigenvalue weighted by Crippen LogP contribution is -2.16. The van der Waals surface area contributed by atoms with Gasteiger partial charge in [0.1, 0.15) is 11.6 Å². The van der Waals surface area contributed by atoms with E-state index in [0.29, 0.717) is 6.07 Å². The molecule has 0 spiro atoms. The molecule has 5 nitrogen and oxygen atoms in total. The Balaban J connectivity index is 3.45. The molecule has 1 heterocycles. The van der Waals surface area contributed by atoms with Gasteiger partial charge in [-0.05, 0) is 0 Å². The number of sulfonamides is 1.